The lowest BCUT2D eigenvalue weighted by Gasteiger charge is -2.15. The third-order valence-corrected chi connectivity index (χ3v) is 4.43. The van der Waals surface area contributed by atoms with E-state index in [9.17, 15) is 14.4 Å². The van der Waals surface area contributed by atoms with Crippen molar-refractivity contribution >= 4 is 17.6 Å². The van der Waals surface area contributed by atoms with E-state index < -0.39 is 11.9 Å². The minimum atomic E-state index is -0.543. The van der Waals surface area contributed by atoms with E-state index in [1.807, 2.05) is 0 Å². The van der Waals surface area contributed by atoms with Crippen LogP contribution >= 0.6 is 0 Å². The lowest BCUT2D eigenvalue weighted by Crippen LogP contribution is -2.32. The standard InChI is InChI=1S/C21H21N5O4/c1-4-30-21(29)15-7-5-6-8-16(15)25-18(27)12-26-19(17-11-22-9-10-23-17)24-14(3)13(2)20(26)28/h5-11H,4,12H2,1-3H3,(H,25,27). The maximum Gasteiger partial charge on any atom is 0.340 e. The van der Waals surface area contributed by atoms with Gasteiger partial charge in [0.05, 0.1) is 24.1 Å². The molecule has 9 nitrogen and oxygen atoms in total. The van der Waals surface area contributed by atoms with Gasteiger partial charge in [0.1, 0.15) is 12.2 Å². The van der Waals surface area contributed by atoms with Gasteiger partial charge in [0.15, 0.2) is 5.82 Å². The maximum absolute atomic E-state index is 12.9. The number of para-hydroxylation sites is 1. The minimum absolute atomic E-state index is 0.215. The number of carbonyl (C=O) groups is 2. The normalized spacial score (nSPS) is 10.5. The van der Waals surface area contributed by atoms with Crippen molar-refractivity contribution in [2.75, 3.05) is 11.9 Å². The Labute approximate surface area is 172 Å². The Balaban J connectivity index is 1.94. The number of rotatable bonds is 6. The van der Waals surface area contributed by atoms with Crippen LogP contribution in [0.2, 0.25) is 0 Å². The Bertz CT molecular complexity index is 1140. The van der Waals surface area contributed by atoms with E-state index in [2.05, 4.69) is 20.3 Å². The fraction of sp³-hybridized carbons (Fsp3) is 0.238. The van der Waals surface area contributed by atoms with Crippen LogP contribution in [0.15, 0.2) is 47.7 Å². The van der Waals surface area contributed by atoms with Gasteiger partial charge in [-0.1, -0.05) is 12.1 Å². The largest absolute Gasteiger partial charge is 0.462 e. The highest BCUT2D eigenvalue weighted by atomic mass is 16.5. The van der Waals surface area contributed by atoms with Crippen LogP contribution in [0.5, 0.6) is 0 Å². The van der Waals surface area contributed by atoms with Crippen LogP contribution in [0.3, 0.4) is 0 Å². The minimum Gasteiger partial charge on any atom is -0.462 e. The highest BCUT2D eigenvalue weighted by Crippen LogP contribution is 2.17. The van der Waals surface area contributed by atoms with Crippen LogP contribution in [0.4, 0.5) is 5.69 Å². The first-order valence-corrected chi connectivity index (χ1v) is 9.32. The Morgan fingerprint density at radius 1 is 1.17 bits per heavy atom. The fourth-order valence-electron chi connectivity index (χ4n) is 2.83. The zero-order chi connectivity index (χ0) is 21.7. The van der Waals surface area contributed by atoms with Crippen molar-refractivity contribution in [3.05, 3.63) is 70.0 Å². The van der Waals surface area contributed by atoms with Crippen LogP contribution in [0.25, 0.3) is 11.5 Å². The summed E-state index contributed by atoms with van der Waals surface area (Å²) in [4.78, 5) is 50.4. The summed E-state index contributed by atoms with van der Waals surface area (Å²) in [5.74, 6) is -0.798. The SMILES string of the molecule is CCOC(=O)c1ccccc1NC(=O)Cn1c(-c2cnccn2)nc(C)c(C)c1=O. The molecule has 0 bridgehead atoms. The molecule has 154 valence electrons. The molecule has 2 heterocycles. The molecule has 0 radical (unpaired) electrons. The second kappa shape index (κ2) is 9.08. The van der Waals surface area contributed by atoms with Gasteiger partial charge in [0.2, 0.25) is 5.91 Å². The van der Waals surface area contributed by atoms with Crippen molar-refractivity contribution in [3.8, 4) is 11.5 Å². The predicted molar refractivity (Wildman–Crippen MR) is 110 cm³/mol. The number of hydrogen-bond acceptors (Lipinski definition) is 7. The lowest BCUT2D eigenvalue weighted by molar-refractivity contribution is -0.116. The van der Waals surface area contributed by atoms with Crippen LogP contribution in [-0.4, -0.2) is 38.0 Å². The molecule has 0 fully saturated rings. The number of ether oxygens (including phenoxy) is 1. The molecule has 1 amide bonds. The Morgan fingerprint density at radius 3 is 2.63 bits per heavy atom. The zero-order valence-electron chi connectivity index (χ0n) is 16.9. The number of esters is 1. The smallest absolute Gasteiger partial charge is 0.340 e. The molecule has 0 saturated heterocycles. The Kier molecular flexibility index (Phi) is 6.31. The molecular weight excluding hydrogens is 386 g/mol. The first-order chi connectivity index (χ1) is 14.4. The first-order valence-electron chi connectivity index (χ1n) is 9.32. The fourth-order valence-corrected chi connectivity index (χ4v) is 2.83. The van der Waals surface area contributed by atoms with Gasteiger partial charge in [-0.3, -0.25) is 19.1 Å². The highest BCUT2D eigenvalue weighted by Gasteiger charge is 2.19. The first kappa shape index (κ1) is 20.8. The van der Waals surface area contributed by atoms with Crippen molar-refractivity contribution < 1.29 is 14.3 Å². The van der Waals surface area contributed by atoms with Crippen LogP contribution in [0, 0.1) is 13.8 Å². The molecule has 0 saturated carbocycles. The van der Waals surface area contributed by atoms with Crippen molar-refractivity contribution in [1.82, 2.24) is 19.5 Å². The summed E-state index contributed by atoms with van der Waals surface area (Å²) in [5.41, 5.74) is 1.53. The van der Waals surface area contributed by atoms with Crippen molar-refractivity contribution in [2.24, 2.45) is 0 Å². The van der Waals surface area contributed by atoms with E-state index >= 15 is 0 Å². The van der Waals surface area contributed by atoms with Gasteiger partial charge in [0, 0.05) is 23.7 Å². The molecule has 0 unspecified atom stereocenters. The summed E-state index contributed by atoms with van der Waals surface area (Å²) in [6, 6.07) is 6.51. The van der Waals surface area contributed by atoms with Gasteiger partial charge in [-0.05, 0) is 32.9 Å². The number of benzene rings is 1. The topological polar surface area (TPSA) is 116 Å². The molecule has 0 spiro atoms. The molecule has 1 N–H and O–H groups in total. The van der Waals surface area contributed by atoms with Crippen molar-refractivity contribution in [2.45, 2.75) is 27.3 Å². The molecule has 0 aliphatic carbocycles. The highest BCUT2D eigenvalue weighted by molar-refractivity contribution is 6.01. The van der Waals surface area contributed by atoms with E-state index in [0.717, 1.165) is 0 Å². The van der Waals surface area contributed by atoms with Gasteiger partial charge in [0.25, 0.3) is 5.56 Å². The van der Waals surface area contributed by atoms with Crippen LogP contribution in [0.1, 0.15) is 28.5 Å². The molecule has 2 aromatic heterocycles. The van der Waals surface area contributed by atoms with Crippen LogP contribution < -0.4 is 10.9 Å². The molecule has 3 aromatic rings. The van der Waals surface area contributed by atoms with Crippen molar-refractivity contribution in [1.29, 1.82) is 0 Å². The van der Waals surface area contributed by atoms with E-state index in [0.29, 0.717) is 22.6 Å². The number of nitrogens with zero attached hydrogens (tertiary/aromatic N) is 4. The second-order valence-corrected chi connectivity index (χ2v) is 6.44. The Morgan fingerprint density at radius 2 is 1.93 bits per heavy atom. The van der Waals surface area contributed by atoms with Gasteiger partial charge in [-0.2, -0.15) is 0 Å². The summed E-state index contributed by atoms with van der Waals surface area (Å²) < 4.78 is 6.27. The summed E-state index contributed by atoms with van der Waals surface area (Å²) in [6.07, 6.45) is 4.46. The van der Waals surface area contributed by atoms with Gasteiger partial charge in [-0.25, -0.2) is 14.8 Å². The molecule has 0 atom stereocenters. The lowest BCUT2D eigenvalue weighted by atomic mass is 10.2. The summed E-state index contributed by atoms with van der Waals surface area (Å²) in [7, 11) is 0. The molecular formula is C21H21N5O4. The van der Waals surface area contributed by atoms with Crippen LogP contribution in [-0.2, 0) is 16.1 Å². The molecule has 1 aromatic carbocycles. The number of aryl methyl sites for hydroxylation is 1. The van der Waals surface area contributed by atoms with E-state index in [1.54, 1.807) is 45.0 Å². The molecule has 9 heteroatoms. The summed E-state index contributed by atoms with van der Waals surface area (Å²) in [6.45, 7) is 4.97. The second-order valence-electron chi connectivity index (χ2n) is 6.44. The average molecular weight is 407 g/mol. The van der Waals surface area contributed by atoms with E-state index in [-0.39, 0.29) is 30.1 Å². The number of nitrogens with one attached hydrogen (secondary N) is 1. The quantitative estimate of drug-likeness (QED) is 0.622. The Hall–Kier alpha value is -3.88. The number of carbonyl (C=O) groups excluding carboxylic acids is 2. The summed E-state index contributed by atoms with van der Waals surface area (Å²) in [5, 5.41) is 2.68. The number of anilines is 1. The number of amides is 1. The predicted octanol–water partition coefficient (Wildman–Crippen LogP) is 2.13. The maximum atomic E-state index is 12.9. The summed E-state index contributed by atoms with van der Waals surface area (Å²) >= 11 is 0. The third kappa shape index (κ3) is 4.40. The van der Waals surface area contributed by atoms with Gasteiger partial charge < -0.3 is 10.1 Å². The number of aromatic nitrogens is 4. The average Bonchev–Trinajstić information content (AvgIpc) is 2.75. The van der Waals surface area contributed by atoms with Gasteiger partial charge in [-0.15, -0.1) is 0 Å². The molecule has 3 rings (SSSR count). The monoisotopic (exact) mass is 407 g/mol. The zero-order valence-corrected chi connectivity index (χ0v) is 16.9. The molecule has 0 aliphatic heterocycles. The molecule has 0 aliphatic rings. The van der Waals surface area contributed by atoms with E-state index in [4.69, 9.17) is 4.74 Å². The number of hydrogen-bond donors (Lipinski definition) is 1. The van der Waals surface area contributed by atoms with E-state index in [1.165, 1.54) is 23.2 Å². The molecule has 30 heavy (non-hydrogen) atoms. The van der Waals surface area contributed by atoms with Crippen molar-refractivity contribution in [3.63, 3.8) is 0 Å². The van der Waals surface area contributed by atoms with Gasteiger partial charge >= 0.3 is 5.97 Å². The third-order valence-electron chi connectivity index (χ3n) is 4.43.